The molecule has 0 amide bonds. The van der Waals surface area contributed by atoms with Crippen LogP contribution in [0.25, 0.3) is 0 Å². The average Bonchev–Trinajstić information content (AvgIpc) is 3.26. The van der Waals surface area contributed by atoms with Gasteiger partial charge in [-0.25, -0.2) is 4.57 Å². The van der Waals surface area contributed by atoms with Gasteiger partial charge in [-0.2, -0.15) is 0 Å². The van der Waals surface area contributed by atoms with E-state index < -0.39 is 0 Å². The van der Waals surface area contributed by atoms with Crippen molar-refractivity contribution in [1.82, 2.24) is 0 Å². The molecule has 0 atom stereocenters. The lowest BCUT2D eigenvalue weighted by atomic mass is 10.1. The third kappa shape index (κ3) is 64.4. The first-order valence-electron chi connectivity index (χ1n) is 25.9. The Labute approximate surface area is 386 Å². The van der Waals surface area contributed by atoms with Gasteiger partial charge in [0.2, 0.25) is 0 Å². The van der Waals surface area contributed by atoms with Crippen LogP contribution in [-0.2, 0) is 23.6 Å². The Balaban J connectivity index is -0.000000912. The van der Waals surface area contributed by atoms with E-state index in [-0.39, 0.29) is 20.6 Å². The highest BCUT2D eigenvalue weighted by molar-refractivity contribution is 7.17. The zero-order chi connectivity index (χ0) is 46.3. The number of allylic oxidation sites excluding steroid dienone is 2. The van der Waals surface area contributed by atoms with E-state index >= 15 is 0 Å². The third-order valence-corrected chi connectivity index (χ3v) is 10.4. The van der Waals surface area contributed by atoms with E-state index in [0.717, 1.165) is 63.7 Å². The summed E-state index contributed by atoms with van der Waals surface area (Å²) in [6.45, 7) is 14.7. The number of carbonyl (C=O) groups excluding carboxylic acids is 2. The number of hydrogen-bond acceptors (Lipinski definition) is 7. The summed E-state index contributed by atoms with van der Waals surface area (Å²) in [5.41, 5.74) is 0. The minimum atomic E-state index is -0.305. The molecule has 0 fully saturated rings. The van der Waals surface area contributed by atoms with Crippen LogP contribution in [0.1, 0.15) is 260 Å². The van der Waals surface area contributed by atoms with Crippen molar-refractivity contribution in [1.29, 1.82) is 0 Å². The lowest BCUT2D eigenvalue weighted by molar-refractivity contribution is -0.144. The number of carbonyl (C=O) groups is 2. The summed E-state index contributed by atoms with van der Waals surface area (Å²) in [5.74, 6) is 1.36. The molecule has 0 aliphatic heterocycles. The van der Waals surface area contributed by atoms with E-state index in [2.05, 4.69) is 58.2 Å². The molecule has 0 spiro atoms. The van der Waals surface area contributed by atoms with Crippen molar-refractivity contribution in [2.45, 2.75) is 260 Å². The molecule has 8 heteroatoms. The molecule has 0 aliphatic rings. The maximum Gasteiger partial charge on any atom is 0.395 e. The topological polar surface area (TPSA) is 99.1 Å². The van der Waals surface area contributed by atoms with E-state index in [4.69, 9.17) is 14.6 Å². The van der Waals surface area contributed by atoms with Crippen LogP contribution in [0.2, 0.25) is 0 Å². The van der Waals surface area contributed by atoms with Crippen LogP contribution in [0.4, 0.5) is 0 Å². The van der Waals surface area contributed by atoms with Crippen LogP contribution in [0.5, 0.6) is 5.75 Å². The number of ether oxygens (including phenoxy) is 2. The monoisotopic (exact) mass is 893 g/mol. The molecule has 0 saturated carbocycles. The van der Waals surface area contributed by atoms with E-state index in [1.807, 2.05) is 18.2 Å². The van der Waals surface area contributed by atoms with E-state index in [0.29, 0.717) is 38.4 Å². The SMILES string of the molecule is CC(C)C.CCCCCCCCC=CCCCCCCCCO.CCCCCCCCOC(=O)CCCCCCCCC(=O)OCCCCCCCC.O=POc1ccccc1. The minimum Gasteiger partial charge on any atom is -0.466 e. The fraction of sp³-hybridized carbons (Fsp3) is 0.815. The molecule has 1 aromatic rings. The maximum atomic E-state index is 11.7. The predicted octanol–water partition coefficient (Wildman–Crippen LogP) is 17.9. The van der Waals surface area contributed by atoms with Gasteiger partial charge in [0.1, 0.15) is 5.75 Å². The number of esters is 2. The first-order chi connectivity index (χ1) is 30.3. The van der Waals surface area contributed by atoms with Crippen molar-refractivity contribution >= 4 is 20.6 Å². The molecule has 0 unspecified atom stereocenters. The molecular weight excluding hydrogens is 792 g/mol. The molecule has 0 aromatic heterocycles. The second-order valence-electron chi connectivity index (χ2n) is 17.5. The standard InChI is InChI=1S/C26H50O4.C18H36O.C6H5O2P.C4H10/c1-3-5-7-9-15-19-23-29-25(27)21-17-13-11-12-14-18-22-26(28)30-24-20-16-10-8-6-4-2;1-2-3-4-5-6-7-8-9-10-11-12-13-14-15-16-17-18-19;7-9-8-6-4-2-1-3-5-6;1-4(2)3/h3-24H2,1-2H3;9-10,19H,2-8,11-18H2,1H3;1-5H;4H,1-3H3. The highest BCUT2D eigenvalue weighted by atomic mass is 31.1. The van der Waals surface area contributed by atoms with Crippen LogP contribution in [-0.4, -0.2) is 36.9 Å². The molecule has 0 saturated heterocycles. The summed E-state index contributed by atoms with van der Waals surface area (Å²) >= 11 is 0. The van der Waals surface area contributed by atoms with Crippen molar-refractivity contribution in [3.8, 4) is 5.75 Å². The predicted molar refractivity (Wildman–Crippen MR) is 267 cm³/mol. The zero-order valence-corrected chi connectivity index (χ0v) is 42.5. The third-order valence-electron chi connectivity index (χ3n) is 10.1. The molecule has 1 N–H and O–H groups in total. The van der Waals surface area contributed by atoms with Gasteiger partial charge in [0.15, 0.2) is 0 Å². The maximum absolute atomic E-state index is 11.7. The van der Waals surface area contributed by atoms with E-state index in [1.54, 1.807) is 12.1 Å². The molecule has 7 nitrogen and oxygen atoms in total. The molecule has 0 bridgehead atoms. The summed E-state index contributed by atoms with van der Waals surface area (Å²) in [4.78, 5) is 23.4. The Morgan fingerprint density at radius 2 is 0.823 bits per heavy atom. The first kappa shape index (κ1) is 64.0. The van der Waals surface area contributed by atoms with Gasteiger partial charge in [0.25, 0.3) is 0 Å². The van der Waals surface area contributed by atoms with Crippen molar-refractivity contribution in [3.63, 3.8) is 0 Å². The Kier molecular flexibility index (Phi) is 60.7. The van der Waals surface area contributed by atoms with Crippen LogP contribution < -0.4 is 4.52 Å². The quantitative estimate of drug-likeness (QED) is 0.0303. The van der Waals surface area contributed by atoms with Gasteiger partial charge in [0.05, 0.1) is 13.2 Å². The van der Waals surface area contributed by atoms with E-state index in [9.17, 15) is 14.2 Å². The van der Waals surface area contributed by atoms with Gasteiger partial charge < -0.3 is 19.1 Å². The first-order valence-corrected chi connectivity index (χ1v) is 26.6. The van der Waals surface area contributed by atoms with Crippen LogP contribution in [0, 0.1) is 5.92 Å². The Morgan fingerprint density at radius 1 is 0.500 bits per heavy atom. The molecule has 1 aromatic carbocycles. The summed E-state index contributed by atoms with van der Waals surface area (Å²) in [5, 5.41) is 8.66. The number of hydrogen-bond donors (Lipinski definition) is 1. The molecule has 364 valence electrons. The summed E-state index contributed by atoms with van der Waals surface area (Å²) < 4.78 is 25.1. The second-order valence-corrected chi connectivity index (χ2v) is 17.8. The normalized spacial score (nSPS) is 10.7. The zero-order valence-electron chi connectivity index (χ0n) is 41.6. The van der Waals surface area contributed by atoms with Crippen LogP contribution in [0.15, 0.2) is 42.5 Å². The Bertz CT molecular complexity index is 994. The number of aliphatic hydroxyl groups excluding tert-OH is 1. The molecule has 1 rings (SSSR count). The van der Waals surface area contributed by atoms with Crippen LogP contribution in [0.3, 0.4) is 0 Å². The molecule has 62 heavy (non-hydrogen) atoms. The summed E-state index contributed by atoms with van der Waals surface area (Å²) in [6.07, 6.45) is 45.1. The van der Waals surface area contributed by atoms with Crippen molar-refractivity contribution < 1.29 is 33.3 Å². The minimum absolute atomic E-state index is 0.0448. The van der Waals surface area contributed by atoms with Gasteiger partial charge in [-0.1, -0.05) is 220 Å². The molecular formula is C54H101O7P. The lowest BCUT2D eigenvalue weighted by Crippen LogP contribution is -2.06. The number of benzene rings is 1. The van der Waals surface area contributed by atoms with Gasteiger partial charge in [-0.15, -0.1) is 0 Å². The smallest absolute Gasteiger partial charge is 0.395 e. The Morgan fingerprint density at radius 3 is 1.18 bits per heavy atom. The average molecular weight is 893 g/mol. The van der Waals surface area contributed by atoms with Gasteiger partial charge in [0, 0.05) is 19.4 Å². The molecule has 0 radical (unpaired) electrons. The second kappa shape index (κ2) is 58.8. The summed E-state index contributed by atoms with van der Waals surface area (Å²) in [6, 6.07) is 8.99. The van der Waals surface area contributed by atoms with Crippen molar-refractivity contribution in [2.24, 2.45) is 5.92 Å². The van der Waals surface area contributed by atoms with Crippen molar-refractivity contribution in [3.05, 3.63) is 42.5 Å². The van der Waals surface area contributed by atoms with Gasteiger partial charge in [-0.05, 0) is 75.8 Å². The van der Waals surface area contributed by atoms with Gasteiger partial charge in [-0.3, -0.25) is 9.59 Å². The number of para-hydroxylation sites is 1. The van der Waals surface area contributed by atoms with Gasteiger partial charge >= 0.3 is 20.6 Å². The Hall–Kier alpha value is -2.24. The summed E-state index contributed by atoms with van der Waals surface area (Å²) in [7, 11) is -0.305. The fourth-order valence-electron chi connectivity index (χ4n) is 6.41. The van der Waals surface area contributed by atoms with Crippen LogP contribution >= 0.6 is 8.69 Å². The lowest BCUT2D eigenvalue weighted by Gasteiger charge is -2.06. The van der Waals surface area contributed by atoms with Crippen molar-refractivity contribution in [2.75, 3.05) is 19.8 Å². The largest absolute Gasteiger partial charge is 0.466 e. The highest BCUT2D eigenvalue weighted by Crippen LogP contribution is 2.14. The van der Waals surface area contributed by atoms with E-state index in [1.165, 1.54) is 148 Å². The number of rotatable bonds is 40. The number of unbranched alkanes of at least 4 members (excludes halogenated alkanes) is 27. The highest BCUT2D eigenvalue weighted by Gasteiger charge is 2.04. The molecule has 0 aliphatic carbocycles. The fourth-order valence-corrected chi connectivity index (χ4v) is 6.62. The number of aliphatic hydroxyl groups is 1. The molecule has 0 heterocycles.